The van der Waals surface area contributed by atoms with E-state index in [4.69, 9.17) is 0 Å². The largest absolute Gasteiger partial charge is 0.346 e. The number of aromatic nitrogens is 4. The molecule has 4 N–H and O–H groups in total. The van der Waals surface area contributed by atoms with Crippen molar-refractivity contribution in [2.45, 2.75) is 51.1 Å². The fraction of sp³-hybridized carbons (Fsp3) is 0.321. The Morgan fingerprint density at radius 1 is 0.730 bits per heavy atom. The maximum Gasteiger partial charge on any atom is 0.207 e. The van der Waals surface area contributed by atoms with Crippen molar-refractivity contribution in [3.05, 3.63) is 72.6 Å². The molecule has 0 fully saturated rings. The van der Waals surface area contributed by atoms with Crippen molar-refractivity contribution in [2.75, 3.05) is 7.05 Å². The second-order valence-electron chi connectivity index (χ2n) is 10.1. The molecule has 37 heavy (non-hydrogen) atoms. The van der Waals surface area contributed by atoms with Crippen LogP contribution in [-0.2, 0) is 4.79 Å². The summed E-state index contributed by atoms with van der Waals surface area (Å²) >= 11 is 0. The number of hydrogen-bond acceptors (Lipinski definition) is 4. The number of nitrogens with one attached hydrogen (secondary N) is 4. The van der Waals surface area contributed by atoms with Crippen LogP contribution in [0.1, 0.15) is 51.4 Å². The number of nitrogens with zero attached hydrogens (tertiary/aromatic N) is 2. The minimum atomic E-state index is -1.68. The number of rotatable bonds is 10. The Balaban J connectivity index is 1.50. The molecule has 2 atom stereocenters. The molecule has 2 aromatic heterocycles. The first-order chi connectivity index (χ1) is 17.5. The number of carbonyl (C=O) groups excluding carboxylic acids is 1. The van der Waals surface area contributed by atoms with Gasteiger partial charge in [-0.05, 0) is 57.0 Å². The summed E-state index contributed by atoms with van der Waals surface area (Å²) in [6, 6.07) is 14.5. The second kappa shape index (κ2) is 10.3. The summed E-state index contributed by atoms with van der Waals surface area (Å²) in [4.78, 5) is 25.9. The highest BCUT2D eigenvalue weighted by Gasteiger charge is 2.33. The molecule has 2 aromatic carbocycles. The molecule has 2 heterocycles. The van der Waals surface area contributed by atoms with E-state index in [1.54, 1.807) is 19.4 Å². The van der Waals surface area contributed by atoms with Gasteiger partial charge in [0.05, 0.1) is 29.8 Å². The Morgan fingerprint density at radius 2 is 1.11 bits per heavy atom. The predicted octanol–water partition coefficient (Wildman–Crippen LogP) is 5.68. The molecule has 194 valence electrons. The highest BCUT2D eigenvalue weighted by atomic mass is 19.1. The van der Waals surface area contributed by atoms with Crippen molar-refractivity contribution in [2.24, 2.45) is 0 Å². The molecule has 1 amide bonds. The first-order valence-corrected chi connectivity index (χ1v) is 12.1. The Bertz CT molecular complexity index is 1330. The molecule has 2 unspecified atom stereocenters. The molecule has 4 aromatic rings. The molecule has 0 aliphatic rings. The normalized spacial score (nSPS) is 13.8. The zero-order valence-corrected chi connectivity index (χ0v) is 21.6. The molecule has 0 spiro atoms. The van der Waals surface area contributed by atoms with Crippen LogP contribution in [0.5, 0.6) is 0 Å². The van der Waals surface area contributed by atoms with E-state index in [0.717, 1.165) is 33.6 Å². The van der Waals surface area contributed by atoms with Crippen molar-refractivity contribution in [3.63, 3.8) is 0 Å². The van der Waals surface area contributed by atoms with Crippen molar-refractivity contribution < 1.29 is 13.6 Å². The third kappa shape index (κ3) is 5.77. The molecule has 7 nitrogen and oxygen atoms in total. The molecule has 0 bridgehead atoms. The zero-order chi connectivity index (χ0) is 26.8. The first kappa shape index (κ1) is 26.2. The molecule has 4 rings (SSSR count). The number of carbonyl (C=O) groups is 1. The molecule has 0 radical (unpaired) electrons. The van der Waals surface area contributed by atoms with Crippen LogP contribution in [0.15, 0.2) is 60.9 Å². The monoisotopic (exact) mass is 506 g/mol. The van der Waals surface area contributed by atoms with E-state index in [9.17, 15) is 13.6 Å². The molecule has 0 saturated heterocycles. The van der Waals surface area contributed by atoms with Crippen molar-refractivity contribution in [1.82, 2.24) is 30.6 Å². The van der Waals surface area contributed by atoms with Gasteiger partial charge in [0.15, 0.2) is 0 Å². The lowest BCUT2D eigenvalue weighted by Crippen LogP contribution is -2.36. The lowest BCUT2D eigenvalue weighted by Gasteiger charge is -2.24. The smallest absolute Gasteiger partial charge is 0.207 e. The van der Waals surface area contributed by atoms with Crippen LogP contribution < -0.4 is 10.6 Å². The summed E-state index contributed by atoms with van der Waals surface area (Å²) in [6.07, 6.45) is 3.82. The Hall–Kier alpha value is -3.85. The van der Waals surface area contributed by atoms with Crippen LogP contribution >= 0.6 is 0 Å². The van der Waals surface area contributed by atoms with Gasteiger partial charge in [-0.1, -0.05) is 48.5 Å². The van der Waals surface area contributed by atoms with Crippen LogP contribution in [0.25, 0.3) is 33.6 Å². The fourth-order valence-corrected chi connectivity index (χ4v) is 4.42. The van der Waals surface area contributed by atoms with E-state index in [-0.39, 0.29) is 0 Å². The maximum atomic E-state index is 14.5. The Morgan fingerprint density at radius 3 is 1.46 bits per heavy atom. The molecule has 9 heteroatoms. The average Bonchev–Trinajstić information content (AvgIpc) is 3.52. The SMILES string of the molecule is CNC(c1ncc(-c2ccc(-c3ccc(-c4cnc(C(NC=O)C(C)(C)F)[nH]4)cc3)cc2)[nH]1)C(C)(C)F. The van der Waals surface area contributed by atoms with Gasteiger partial charge in [-0.25, -0.2) is 18.7 Å². The highest BCUT2D eigenvalue weighted by molar-refractivity contribution is 5.71. The molecule has 0 aliphatic heterocycles. The lowest BCUT2D eigenvalue weighted by atomic mass is 10.0. The summed E-state index contributed by atoms with van der Waals surface area (Å²) in [6.45, 7) is 5.83. The van der Waals surface area contributed by atoms with Crippen LogP contribution in [0.4, 0.5) is 8.78 Å². The number of hydrogen-bond donors (Lipinski definition) is 4. The number of imidazole rings is 2. The van der Waals surface area contributed by atoms with Gasteiger partial charge in [-0.3, -0.25) is 4.79 Å². The topological polar surface area (TPSA) is 98.5 Å². The van der Waals surface area contributed by atoms with E-state index in [0.29, 0.717) is 18.1 Å². The number of halogens is 2. The van der Waals surface area contributed by atoms with E-state index in [2.05, 4.69) is 30.6 Å². The molecule has 0 aliphatic carbocycles. The van der Waals surface area contributed by atoms with Gasteiger partial charge in [0.25, 0.3) is 0 Å². The quantitative estimate of drug-likeness (QED) is 0.208. The zero-order valence-electron chi connectivity index (χ0n) is 21.6. The third-order valence-electron chi connectivity index (χ3n) is 6.36. The van der Waals surface area contributed by atoms with E-state index >= 15 is 0 Å². The van der Waals surface area contributed by atoms with Gasteiger partial charge in [-0.15, -0.1) is 0 Å². The number of benzene rings is 2. The van der Waals surface area contributed by atoms with Crippen LogP contribution in [0.2, 0.25) is 0 Å². The Kier molecular flexibility index (Phi) is 7.27. The van der Waals surface area contributed by atoms with Gasteiger partial charge < -0.3 is 20.6 Å². The number of aromatic amines is 2. The van der Waals surface area contributed by atoms with Crippen LogP contribution in [0, 0.1) is 0 Å². The van der Waals surface area contributed by atoms with E-state index < -0.39 is 23.4 Å². The van der Waals surface area contributed by atoms with E-state index in [1.807, 2.05) is 48.5 Å². The van der Waals surface area contributed by atoms with Crippen LogP contribution in [0.3, 0.4) is 0 Å². The van der Waals surface area contributed by atoms with Crippen LogP contribution in [-0.4, -0.2) is 44.7 Å². The van der Waals surface area contributed by atoms with Gasteiger partial charge >= 0.3 is 0 Å². The summed E-state index contributed by atoms with van der Waals surface area (Å²) in [5.41, 5.74) is 2.30. The highest BCUT2D eigenvalue weighted by Crippen LogP contribution is 2.31. The molecule has 0 saturated carbocycles. The average molecular weight is 507 g/mol. The summed E-state index contributed by atoms with van der Waals surface area (Å²) in [7, 11) is 1.71. The van der Waals surface area contributed by atoms with E-state index in [1.165, 1.54) is 27.7 Å². The summed E-state index contributed by atoms with van der Waals surface area (Å²) in [5.74, 6) is 0.905. The van der Waals surface area contributed by atoms with Gasteiger partial charge in [0, 0.05) is 0 Å². The molecular weight excluding hydrogens is 474 g/mol. The minimum absolute atomic E-state index is 0.354. The van der Waals surface area contributed by atoms with Gasteiger partial charge in [-0.2, -0.15) is 0 Å². The van der Waals surface area contributed by atoms with Crippen molar-refractivity contribution >= 4 is 6.41 Å². The predicted molar refractivity (Wildman–Crippen MR) is 141 cm³/mol. The number of H-pyrrole nitrogens is 2. The number of alkyl halides is 2. The maximum absolute atomic E-state index is 14.5. The number of amides is 1. The minimum Gasteiger partial charge on any atom is -0.346 e. The first-order valence-electron chi connectivity index (χ1n) is 12.1. The Labute approximate surface area is 215 Å². The summed E-state index contributed by atoms with van der Waals surface area (Å²) < 4.78 is 29.0. The van der Waals surface area contributed by atoms with Gasteiger partial charge in [0.1, 0.15) is 29.0 Å². The van der Waals surface area contributed by atoms with Gasteiger partial charge in [0.2, 0.25) is 6.41 Å². The second-order valence-corrected chi connectivity index (χ2v) is 10.1. The van der Waals surface area contributed by atoms with Crippen molar-refractivity contribution in [3.8, 4) is 33.6 Å². The standard InChI is InChI=1S/C28H32F2N6O/c1-27(2,29)23(31-5)25-32-14-21(35-25)19-10-6-17(7-11-19)18-8-12-20(13-9-18)22-15-33-26(36-22)24(34-16-37)28(3,4)30/h6-16,23-24,31H,1-5H3,(H,32,35)(H,33,36)(H,34,37). The fourth-order valence-electron chi connectivity index (χ4n) is 4.42. The van der Waals surface area contributed by atoms with Crippen molar-refractivity contribution in [1.29, 1.82) is 0 Å². The molecular formula is C28H32F2N6O. The summed E-state index contributed by atoms with van der Waals surface area (Å²) in [5, 5.41) is 5.47. The third-order valence-corrected chi connectivity index (χ3v) is 6.36. The lowest BCUT2D eigenvalue weighted by molar-refractivity contribution is -0.111.